The third-order valence-corrected chi connectivity index (χ3v) is 7.31. The number of alkyl halides is 2. The second kappa shape index (κ2) is 14.1. The molecule has 0 spiro atoms. The Balaban J connectivity index is 0.000000201. The minimum Gasteiger partial charge on any atom is -0.393 e. The fourth-order valence-corrected chi connectivity index (χ4v) is 5.06. The van der Waals surface area contributed by atoms with E-state index in [1.54, 1.807) is 12.1 Å². The van der Waals surface area contributed by atoms with E-state index in [0.29, 0.717) is 5.52 Å². The molecule has 254 valence electrons. The molecule has 0 saturated carbocycles. The third-order valence-electron chi connectivity index (χ3n) is 7.31. The van der Waals surface area contributed by atoms with Crippen LogP contribution >= 0.6 is 0 Å². The van der Waals surface area contributed by atoms with Gasteiger partial charge in [-0.15, -0.1) is 0 Å². The van der Waals surface area contributed by atoms with Crippen LogP contribution in [0.25, 0.3) is 31.9 Å². The zero-order valence-electron chi connectivity index (χ0n) is 24.5. The number of rotatable bonds is 6. The summed E-state index contributed by atoms with van der Waals surface area (Å²) >= 11 is 0. The number of ether oxygens (including phenoxy) is 2. The van der Waals surface area contributed by atoms with Gasteiger partial charge in [-0.1, -0.05) is 10.2 Å². The Morgan fingerprint density at radius 1 is 0.938 bits per heavy atom. The normalized spacial score (nSPS) is 29.1. The van der Waals surface area contributed by atoms with Crippen LogP contribution < -0.4 is 11.5 Å². The summed E-state index contributed by atoms with van der Waals surface area (Å²) in [5, 5.41) is 59.9. The van der Waals surface area contributed by atoms with Crippen LogP contribution in [0.2, 0.25) is 0 Å². The highest BCUT2D eigenvalue weighted by Crippen LogP contribution is 2.44. The van der Waals surface area contributed by atoms with E-state index in [9.17, 15) is 33.6 Å². The summed E-state index contributed by atoms with van der Waals surface area (Å²) in [7, 11) is 0. The first-order chi connectivity index (χ1) is 22.9. The van der Waals surface area contributed by atoms with Crippen molar-refractivity contribution in [1.29, 1.82) is 5.26 Å². The molecule has 0 aliphatic carbocycles. The highest BCUT2D eigenvalue weighted by atomic mass is 19.1. The van der Waals surface area contributed by atoms with Gasteiger partial charge in [-0.05, 0) is 23.2 Å². The number of hydrogen-bond acceptors (Lipinski definition) is 15. The van der Waals surface area contributed by atoms with Crippen molar-refractivity contribution in [1.82, 2.24) is 29.2 Å². The highest BCUT2D eigenvalue weighted by Gasteiger charge is 2.57. The number of nitrogens with two attached hydrogens (primary N) is 2. The lowest BCUT2D eigenvalue weighted by Gasteiger charge is -2.23. The lowest BCUT2D eigenvalue weighted by atomic mass is 10.0. The summed E-state index contributed by atoms with van der Waals surface area (Å²) in [5.74, 6) is -0.784. The van der Waals surface area contributed by atoms with Gasteiger partial charge in [-0.2, -0.15) is 15.5 Å². The average molecular weight is 678 g/mol. The number of aromatic nitrogens is 6. The summed E-state index contributed by atoms with van der Waals surface area (Å²) in [6.07, 6.45) is -8.37. The molecule has 24 heteroatoms. The smallest absolute Gasteiger partial charge is 0.199 e. The second-order valence-electron chi connectivity index (χ2n) is 9.99. The molecule has 0 aromatic carbocycles. The highest BCUT2D eigenvalue weighted by molar-refractivity contribution is 5.67. The van der Waals surface area contributed by atoms with Gasteiger partial charge in [0.05, 0.1) is 30.7 Å². The van der Waals surface area contributed by atoms with Crippen molar-refractivity contribution >= 4 is 22.7 Å². The van der Waals surface area contributed by atoms with Crippen LogP contribution in [0.3, 0.4) is 0 Å². The van der Waals surface area contributed by atoms with Crippen molar-refractivity contribution in [3.63, 3.8) is 0 Å². The predicted octanol–water partition coefficient (Wildman–Crippen LogP) is 0.830. The molecule has 0 amide bonds. The fraction of sp³-hybridized carbons (Fsp3) is 0.458. The molecule has 48 heavy (non-hydrogen) atoms. The number of nitrogens with zero attached hydrogens (tertiary/aromatic N) is 13. The number of hydrogen-bond donors (Lipinski definition) is 6. The van der Waals surface area contributed by atoms with Gasteiger partial charge >= 0.3 is 0 Å². The van der Waals surface area contributed by atoms with Gasteiger partial charge in [0, 0.05) is 22.8 Å². The molecule has 4 aromatic heterocycles. The number of nitriles is 1. The summed E-state index contributed by atoms with van der Waals surface area (Å²) in [4.78, 5) is 12.4. The Labute approximate surface area is 265 Å². The van der Waals surface area contributed by atoms with Crippen molar-refractivity contribution in [2.45, 2.75) is 55.1 Å². The molecule has 6 heterocycles. The van der Waals surface area contributed by atoms with Gasteiger partial charge in [0.25, 0.3) is 0 Å². The van der Waals surface area contributed by atoms with Crippen LogP contribution in [0.15, 0.2) is 41.1 Å². The molecular formula is C24H26F3N15O6. The standard InChI is InChI=1S/C11H11F2N7O3.C11H12FN7O3.C2H3N/c12-4-1-5(20-7(4)10(14)16-3-17-20)8-6(13)9(22)11(2-21,23-8)18-19-15;12-7-8(22-11(3-20,9(7)21)17-18-14)5-1-2-6-10(13)15-4-16-19(5)6;1-2-3/h1,3,6,8-9,21-22H,2H2,(H2,14,16,17);1-2,4,7-9,20-21H,3H2,(H2,13,15,16);1H3/t6-,8-,9-,11+;7-,8-,9-,11+;/m00./s1. The van der Waals surface area contributed by atoms with Crippen molar-refractivity contribution in [3.05, 3.63) is 68.9 Å². The van der Waals surface area contributed by atoms with E-state index in [1.807, 2.05) is 0 Å². The van der Waals surface area contributed by atoms with Gasteiger partial charge in [-0.3, -0.25) is 0 Å². The van der Waals surface area contributed by atoms with E-state index >= 15 is 0 Å². The number of aliphatic hydroxyl groups excluding tert-OH is 4. The van der Waals surface area contributed by atoms with E-state index in [-0.39, 0.29) is 28.5 Å². The van der Waals surface area contributed by atoms with Gasteiger partial charge < -0.3 is 41.4 Å². The lowest BCUT2D eigenvalue weighted by Crippen LogP contribution is -2.43. The molecule has 0 bridgehead atoms. The predicted molar refractivity (Wildman–Crippen MR) is 153 cm³/mol. The number of fused-ring (bicyclic) bond motifs is 2. The molecule has 0 unspecified atom stereocenters. The van der Waals surface area contributed by atoms with E-state index < -0.39 is 67.2 Å². The Morgan fingerprint density at radius 2 is 1.42 bits per heavy atom. The molecule has 0 radical (unpaired) electrons. The van der Waals surface area contributed by atoms with Gasteiger partial charge in [0.15, 0.2) is 41.2 Å². The van der Waals surface area contributed by atoms with E-state index in [4.69, 9.17) is 37.3 Å². The zero-order valence-corrected chi connectivity index (χ0v) is 24.5. The summed E-state index contributed by atoms with van der Waals surface area (Å²) < 4.78 is 55.7. The minimum atomic E-state index is -2.21. The number of aliphatic hydroxyl groups is 4. The maximum Gasteiger partial charge on any atom is 0.199 e. The number of halogens is 3. The molecule has 8 atom stereocenters. The molecule has 2 saturated heterocycles. The zero-order chi connectivity index (χ0) is 35.4. The Bertz CT molecular complexity index is 1930. The summed E-state index contributed by atoms with van der Waals surface area (Å²) in [5.41, 5.74) is 24.4. The van der Waals surface area contributed by atoms with Crippen LogP contribution in [-0.4, -0.2) is 98.8 Å². The Kier molecular flexibility index (Phi) is 10.4. The maximum absolute atomic E-state index is 14.4. The number of azide groups is 2. The Morgan fingerprint density at radius 3 is 1.92 bits per heavy atom. The summed E-state index contributed by atoms with van der Waals surface area (Å²) in [6.45, 7) is -0.395. The monoisotopic (exact) mass is 677 g/mol. The molecule has 21 nitrogen and oxygen atoms in total. The molecule has 2 aliphatic rings. The molecular weight excluding hydrogens is 651 g/mol. The SMILES string of the molecule is CC#N.[N-]=[N+]=N[C@]1(CO)O[C@@H](c2cc(F)c3c(N)ncnn23)[C@H](F)[C@@H]1O.[N-]=[N+]=N[C@]1(CO)O[C@@H](c2ccc3c(N)ncnn23)[C@H](F)[C@@H]1O. The first-order valence-corrected chi connectivity index (χ1v) is 13.4. The quantitative estimate of drug-likeness (QED) is 0.0936. The molecule has 8 N–H and O–H groups in total. The summed E-state index contributed by atoms with van der Waals surface area (Å²) in [6, 6.07) is 5.75. The third kappa shape index (κ3) is 5.90. The minimum absolute atomic E-state index is 0.110. The maximum atomic E-state index is 14.4. The van der Waals surface area contributed by atoms with Crippen molar-refractivity contribution in [2.75, 3.05) is 24.7 Å². The van der Waals surface area contributed by atoms with Crippen molar-refractivity contribution < 1.29 is 43.1 Å². The first-order valence-electron chi connectivity index (χ1n) is 13.4. The molecule has 2 aliphatic heterocycles. The van der Waals surface area contributed by atoms with E-state index in [2.05, 4.69) is 40.2 Å². The Hall–Kier alpha value is -5.50. The van der Waals surface area contributed by atoms with Gasteiger partial charge in [0.1, 0.15) is 48.1 Å². The number of nitrogen functional groups attached to an aromatic ring is 2. The largest absolute Gasteiger partial charge is 0.393 e. The van der Waals surface area contributed by atoms with E-state index in [1.165, 1.54) is 23.8 Å². The second-order valence-corrected chi connectivity index (χ2v) is 9.99. The first kappa shape index (κ1) is 35.4. The van der Waals surface area contributed by atoms with Crippen LogP contribution in [-0.2, 0) is 9.47 Å². The lowest BCUT2D eigenvalue weighted by molar-refractivity contribution is -0.108. The average Bonchev–Trinajstić information content (AvgIpc) is 3.78. The van der Waals surface area contributed by atoms with E-state index in [0.717, 1.165) is 16.9 Å². The van der Waals surface area contributed by atoms with Crippen LogP contribution in [0, 0.1) is 17.1 Å². The van der Waals surface area contributed by atoms with Crippen LogP contribution in [0.4, 0.5) is 24.8 Å². The van der Waals surface area contributed by atoms with Crippen molar-refractivity contribution in [3.8, 4) is 6.07 Å². The van der Waals surface area contributed by atoms with Crippen molar-refractivity contribution in [2.24, 2.45) is 10.2 Å². The molecule has 6 rings (SSSR count). The number of anilines is 2. The van der Waals surface area contributed by atoms with Crippen LogP contribution in [0.1, 0.15) is 30.5 Å². The van der Waals surface area contributed by atoms with Crippen LogP contribution in [0.5, 0.6) is 0 Å². The molecule has 4 aromatic rings. The molecule has 2 fully saturated rings. The topological polar surface area (TPSA) is 333 Å². The van der Waals surface area contributed by atoms with Gasteiger partial charge in [0.2, 0.25) is 0 Å². The van der Waals surface area contributed by atoms with Gasteiger partial charge in [-0.25, -0.2) is 32.2 Å². The fourth-order valence-electron chi connectivity index (χ4n) is 5.06.